The summed E-state index contributed by atoms with van der Waals surface area (Å²) in [6, 6.07) is 8.24. The van der Waals surface area contributed by atoms with Crippen LogP contribution in [-0.2, 0) is 11.2 Å². The fourth-order valence-electron chi connectivity index (χ4n) is 1.95. The molecule has 120 valence electrons. The van der Waals surface area contributed by atoms with Gasteiger partial charge in [-0.2, -0.15) is 0 Å². The largest absolute Gasteiger partial charge is 0.494 e. The molecular formula is C16H27ClN2O2. The number of nitrogens with one attached hydrogen (secondary N) is 2. The van der Waals surface area contributed by atoms with E-state index < -0.39 is 0 Å². The lowest BCUT2D eigenvalue weighted by Crippen LogP contribution is -2.38. The number of carbonyl (C=O) groups excluding carboxylic acids is 1. The van der Waals surface area contributed by atoms with Crippen molar-refractivity contribution in [2.24, 2.45) is 0 Å². The first-order valence-corrected chi connectivity index (χ1v) is 7.37. The van der Waals surface area contributed by atoms with Crippen LogP contribution in [0.1, 0.15) is 32.8 Å². The molecule has 21 heavy (non-hydrogen) atoms. The van der Waals surface area contributed by atoms with Crippen LogP contribution in [-0.4, -0.2) is 31.6 Å². The topological polar surface area (TPSA) is 50.4 Å². The second kappa shape index (κ2) is 11.4. The third-order valence-corrected chi connectivity index (χ3v) is 3.03. The molecule has 1 aromatic carbocycles. The Bertz CT molecular complexity index is 396. The van der Waals surface area contributed by atoms with E-state index in [1.165, 1.54) is 0 Å². The lowest BCUT2D eigenvalue weighted by Gasteiger charge is -2.13. The van der Waals surface area contributed by atoms with E-state index in [2.05, 4.69) is 24.5 Å². The molecule has 0 fully saturated rings. The van der Waals surface area contributed by atoms with Gasteiger partial charge < -0.3 is 15.4 Å². The molecule has 0 heterocycles. The van der Waals surface area contributed by atoms with Crippen molar-refractivity contribution in [3.8, 4) is 5.75 Å². The average Bonchev–Trinajstić information content (AvgIpc) is 2.45. The molecule has 0 bridgehead atoms. The molecule has 0 aliphatic rings. The van der Waals surface area contributed by atoms with Crippen molar-refractivity contribution < 1.29 is 9.53 Å². The van der Waals surface area contributed by atoms with Crippen molar-refractivity contribution >= 4 is 18.3 Å². The van der Waals surface area contributed by atoms with Crippen LogP contribution in [0.3, 0.4) is 0 Å². The first-order valence-electron chi connectivity index (χ1n) is 7.37. The van der Waals surface area contributed by atoms with E-state index in [1.807, 2.05) is 31.2 Å². The summed E-state index contributed by atoms with van der Waals surface area (Å²) in [6.07, 6.45) is 1.28. The van der Waals surface area contributed by atoms with Gasteiger partial charge in [0.1, 0.15) is 5.75 Å². The summed E-state index contributed by atoms with van der Waals surface area (Å²) in [5.41, 5.74) is 1.16. The number of benzene rings is 1. The summed E-state index contributed by atoms with van der Waals surface area (Å²) in [7, 11) is 0. The zero-order chi connectivity index (χ0) is 14.8. The van der Waals surface area contributed by atoms with E-state index in [9.17, 15) is 4.79 Å². The number of rotatable bonds is 9. The summed E-state index contributed by atoms with van der Waals surface area (Å²) in [5, 5.41) is 6.21. The van der Waals surface area contributed by atoms with Crippen LogP contribution in [0.15, 0.2) is 24.3 Å². The summed E-state index contributed by atoms with van der Waals surface area (Å²) >= 11 is 0. The lowest BCUT2D eigenvalue weighted by molar-refractivity contribution is -0.121. The van der Waals surface area contributed by atoms with Crippen molar-refractivity contribution in [1.82, 2.24) is 10.6 Å². The van der Waals surface area contributed by atoms with Crippen molar-refractivity contribution in [1.29, 1.82) is 0 Å². The molecule has 5 heteroatoms. The van der Waals surface area contributed by atoms with Gasteiger partial charge in [0, 0.05) is 19.0 Å². The van der Waals surface area contributed by atoms with Gasteiger partial charge in [0.2, 0.25) is 5.91 Å². The van der Waals surface area contributed by atoms with E-state index >= 15 is 0 Å². The highest BCUT2D eigenvalue weighted by atomic mass is 35.5. The third-order valence-electron chi connectivity index (χ3n) is 3.03. The molecule has 0 aromatic heterocycles. The SMILES string of the molecule is CCN[C@H](C)CNC(=O)CCc1ccc(OCC)cc1.Cl. The van der Waals surface area contributed by atoms with Crippen LogP contribution >= 0.6 is 12.4 Å². The molecule has 1 amide bonds. The minimum Gasteiger partial charge on any atom is -0.494 e. The van der Waals surface area contributed by atoms with E-state index in [0.29, 0.717) is 25.6 Å². The first-order chi connectivity index (χ1) is 9.65. The van der Waals surface area contributed by atoms with Gasteiger partial charge in [-0.25, -0.2) is 0 Å². The van der Waals surface area contributed by atoms with Crippen LogP contribution in [0.2, 0.25) is 0 Å². The van der Waals surface area contributed by atoms with Crippen LogP contribution in [0.25, 0.3) is 0 Å². The number of ether oxygens (including phenoxy) is 1. The van der Waals surface area contributed by atoms with E-state index in [1.54, 1.807) is 0 Å². The third kappa shape index (κ3) is 8.58. The van der Waals surface area contributed by atoms with Crippen molar-refractivity contribution in [3.63, 3.8) is 0 Å². The molecule has 0 spiro atoms. The molecule has 1 aromatic rings. The van der Waals surface area contributed by atoms with E-state index in [0.717, 1.165) is 24.3 Å². The predicted octanol–water partition coefficient (Wildman–Crippen LogP) is 2.55. The van der Waals surface area contributed by atoms with Crippen molar-refractivity contribution in [2.75, 3.05) is 19.7 Å². The average molecular weight is 315 g/mol. The highest BCUT2D eigenvalue weighted by Gasteiger charge is 2.05. The Kier molecular flexibility index (Phi) is 10.7. The molecule has 0 aliphatic heterocycles. The molecule has 4 nitrogen and oxygen atoms in total. The zero-order valence-corrected chi connectivity index (χ0v) is 14.0. The zero-order valence-electron chi connectivity index (χ0n) is 13.1. The summed E-state index contributed by atoms with van der Waals surface area (Å²) < 4.78 is 5.39. The van der Waals surface area contributed by atoms with Gasteiger partial charge in [-0.05, 0) is 44.5 Å². The molecule has 0 saturated carbocycles. The number of hydrogen-bond donors (Lipinski definition) is 2. The van der Waals surface area contributed by atoms with Crippen LogP contribution in [0.4, 0.5) is 0 Å². The monoisotopic (exact) mass is 314 g/mol. The highest BCUT2D eigenvalue weighted by Crippen LogP contribution is 2.13. The number of hydrogen-bond acceptors (Lipinski definition) is 3. The normalized spacial score (nSPS) is 11.4. The Morgan fingerprint density at radius 2 is 1.90 bits per heavy atom. The standard InChI is InChI=1S/C16H26N2O2.ClH/c1-4-17-13(3)12-18-16(19)11-8-14-6-9-15(10-7-14)20-5-2;/h6-7,9-10,13,17H,4-5,8,11-12H2,1-3H3,(H,18,19);1H/t13-;/m1./s1. The maximum absolute atomic E-state index is 11.7. The molecule has 0 aliphatic carbocycles. The smallest absolute Gasteiger partial charge is 0.220 e. The second-order valence-corrected chi connectivity index (χ2v) is 4.84. The van der Waals surface area contributed by atoms with E-state index in [-0.39, 0.29) is 18.3 Å². The minimum absolute atomic E-state index is 0. The number of aryl methyl sites for hydroxylation is 1. The number of halogens is 1. The number of carbonyl (C=O) groups is 1. The highest BCUT2D eigenvalue weighted by molar-refractivity contribution is 5.85. The molecule has 2 N–H and O–H groups in total. The maximum Gasteiger partial charge on any atom is 0.220 e. The number of likely N-dealkylation sites (N-methyl/N-ethyl adjacent to an activating group) is 1. The van der Waals surface area contributed by atoms with E-state index in [4.69, 9.17) is 4.74 Å². The van der Waals surface area contributed by atoms with Crippen molar-refractivity contribution in [2.45, 2.75) is 39.7 Å². The van der Waals surface area contributed by atoms with Gasteiger partial charge in [0.05, 0.1) is 6.61 Å². The summed E-state index contributed by atoms with van der Waals surface area (Å²) in [4.78, 5) is 11.7. The Morgan fingerprint density at radius 1 is 1.24 bits per heavy atom. The Labute approximate surface area is 134 Å². The molecule has 1 rings (SSSR count). The molecular weight excluding hydrogens is 288 g/mol. The molecule has 0 unspecified atom stereocenters. The predicted molar refractivity (Wildman–Crippen MR) is 89.3 cm³/mol. The number of amides is 1. The first kappa shape index (κ1) is 19.7. The van der Waals surface area contributed by atoms with Gasteiger partial charge >= 0.3 is 0 Å². The lowest BCUT2D eigenvalue weighted by atomic mass is 10.1. The maximum atomic E-state index is 11.7. The van der Waals surface area contributed by atoms with Gasteiger partial charge in [0.25, 0.3) is 0 Å². The molecule has 0 saturated heterocycles. The van der Waals surface area contributed by atoms with Crippen LogP contribution in [0.5, 0.6) is 5.75 Å². The quantitative estimate of drug-likeness (QED) is 0.736. The molecule has 1 atom stereocenters. The fraction of sp³-hybridized carbons (Fsp3) is 0.562. The second-order valence-electron chi connectivity index (χ2n) is 4.84. The van der Waals surface area contributed by atoms with Crippen LogP contribution < -0.4 is 15.4 Å². The Hall–Kier alpha value is -1.26. The fourth-order valence-corrected chi connectivity index (χ4v) is 1.95. The van der Waals surface area contributed by atoms with Gasteiger partial charge in [-0.1, -0.05) is 19.1 Å². The Morgan fingerprint density at radius 3 is 2.48 bits per heavy atom. The Balaban J connectivity index is 0.00000400. The van der Waals surface area contributed by atoms with Gasteiger partial charge in [-0.3, -0.25) is 4.79 Å². The van der Waals surface area contributed by atoms with Crippen molar-refractivity contribution in [3.05, 3.63) is 29.8 Å². The molecule has 0 radical (unpaired) electrons. The summed E-state index contributed by atoms with van der Waals surface area (Å²) in [6.45, 7) is 8.36. The minimum atomic E-state index is 0. The van der Waals surface area contributed by atoms with Gasteiger partial charge in [0.15, 0.2) is 0 Å². The summed E-state index contributed by atoms with van der Waals surface area (Å²) in [5.74, 6) is 0.976. The van der Waals surface area contributed by atoms with Gasteiger partial charge in [-0.15, -0.1) is 12.4 Å². The van der Waals surface area contributed by atoms with Crippen LogP contribution in [0, 0.1) is 0 Å².